The first-order valence-electron chi connectivity index (χ1n) is 15.1. The van der Waals surface area contributed by atoms with Crippen LogP contribution in [-0.4, -0.2) is 42.3 Å². The van der Waals surface area contributed by atoms with Crippen LogP contribution in [0.1, 0.15) is 78.8 Å². The van der Waals surface area contributed by atoms with Crippen molar-refractivity contribution in [2.75, 3.05) is 13.2 Å². The molecule has 0 aliphatic rings. The molecule has 0 spiro atoms. The number of carbonyl (C=O) groups is 4. The van der Waals surface area contributed by atoms with E-state index in [9.17, 15) is 19.2 Å². The first-order valence-corrected chi connectivity index (χ1v) is 15.1. The minimum atomic E-state index is -0.693. The fourth-order valence-electron chi connectivity index (χ4n) is 4.41. The molecule has 0 unspecified atom stereocenters. The first kappa shape index (κ1) is 35.7. The van der Waals surface area contributed by atoms with Gasteiger partial charge in [-0.15, -0.1) is 0 Å². The number of esters is 2. The molecule has 8 nitrogen and oxygen atoms in total. The number of ketones is 2. The number of carbonyl (C=O) groups excluding carboxylic acids is 4. The summed E-state index contributed by atoms with van der Waals surface area (Å²) in [6.07, 6.45) is 4.11. The molecule has 0 aliphatic carbocycles. The molecule has 0 bridgehead atoms. The van der Waals surface area contributed by atoms with E-state index >= 15 is 0 Å². The minimum absolute atomic E-state index is 0.0164. The van der Waals surface area contributed by atoms with Crippen LogP contribution in [0.25, 0.3) is 0 Å². The highest BCUT2D eigenvalue weighted by Gasteiger charge is 2.26. The van der Waals surface area contributed by atoms with E-state index in [-0.39, 0.29) is 18.0 Å². The van der Waals surface area contributed by atoms with Gasteiger partial charge in [0, 0.05) is 30.9 Å². The molecule has 8 heteroatoms. The van der Waals surface area contributed by atoms with Crippen molar-refractivity contribution in [1.82, 2.24) is 0 Å². The molecule has 0 aliphatic heterocycles. The maximum atomic E-state index is 12.8. The van der Waals surface area contributed by atoms with E-state index in [2.05, 4.69) is 13.2 Å². The van der Waals surface area contributed by atoms with E-state index < -0.39 is 23.1 Å². The number of hydrogen-bond donors (Lipinski definition) is 0. The Kier molecular flexibility index (Phi) is 12.8. The Morgan fingerprint density at radius 1 is 0.739 bits per heavy atom. The lowest BCUT2D eigenvalue weighted by atomic mass is 9.96. The number of hydrogen-bond acceptors (Lipinski definition) is 8. The highest BCUT2D eigenvalue weighted by molar-refractivity contribution is 5.97. The van der Waals surface area contributed by atoms with E-state index in [4.69, 9.17) is 18.9 Å². The second-order valence-corrected chi connectivity index (χ2v) is 11.9. The van der Waals surface area contributed by atoms with Crippen molar-refractivity contribution in [3.05, 3.63) is 120 Å². The molecule has 0 N–H and O–H groups in total. The molecule has 0 saturated heterocycles. The molecule has 0 amide bonds. The molecule has 0 radical (unpaired) electrons. The third-order valence-electron chi connectivity index (χ3n) is 7.27. The number of ether oxygens (including phenoxy) is 4. The van der Waals surface area contributed by atoms with Gasteiger partial charge >= 0.3 is 11.9 Å². The molecule has 3 aromatic carbocycles. The average Bonchev–Trinajstić information content (AvgIpc) is 3.03. The Morgan fingerprint density at radius 3 is 1.96 bits per heavy atom. The van der Waals surface area contributed by atoms with Gasteiger partial charge < -0.3 is 18.9 Å². The molecular formula is C38H42O8. The summed E-state index contributed by atoms with van der Waals surface area (Å²) in [5.41, 5.74) is 1.26. The summed E-state index contributed by atoms with van der Waals surface area (Å²) in [7, 11) is 0. The van der Waals surface area contributed by atoms with Gasteiger partial charge in [-0.3, -0.25) is 9.59 Å². The summed E-state index contributed by atoms with van der Waals surface area (Å²) in [6, 6.07) is 20.7. The summed E-state index contributed by atoms with van der Waals surface area (Å²) in [5.74, 6) is -0.0586. The molecule has 46 heavy (non-hydrogen) atoms. The Labute approximate surface area is 271 Å². The zero-order chi connectivity index (χ0) is 33.7. The third-order valence-corrected chi connectivity index (χ3v) is 7.27. The lowest BCUT2D eigenvalue weighted by Gasteiger charge is -2.29. The van der Waals surface area contributed by atoms with Gasteiger partial charge in [0.25, 0.3) is 0 Å². The lowest BCUT2D eigenvalue weighted by molar-refractivity contribution is -0.153. The van der Waals surface area contributed by atoms with Gasteiger partial charge in [0.1, 0.15) is 17.1 Å². The van der Waals surface area contributed by atoms with Crippen LogP contribution in [0.2, 0.25) is 0 Å². The van der Waals surface area contributed by atoms with Gasteiger partial charge in [-0.1, -0.05) is 37.4 Å². The van der Waals surface area contributed by atoms with E-state index in [1.165, 1.54) is 6.08 Å². The van der Waals surface area contributed by atoms with Crippen molar-refractivity contribution >= 4 is 23.5 Å². The van der Waals surface area contributed by atoms with Crippen molar-refractivity contribution in [1.29, 1.82) is 0 Å². The van der Waals surface area contributed by atoms with Gasteiger partial charge in [0.15, 0.2) is 11.6 Å². The molecule has 0 aromatic heterocycles. The normalized spacial score (nSPS) is 11.3. The highest BCUT2D eigenvalue weighted by atomic mass is 16.6. The Balaban J connectivity index is 1.48. The van der Waals surface area contributed by atoms with E-state index in [1.54, 1.807) is 60.7 Å². The van der Waals surface area contributed by atoms with Crippen LogP contribution in [0.15, 0.2) is 98.1 Å². The van der Waals surface area contributed by atoms with Crippen molar-refractivity contribution in [3.63, 3.8) is 0 Å². The van der Waals surface area contributed by atoms with Gasteiger partial charge in [-0.2, -0.15) is 0 Å². The van der Waals surface area contributed by atoms with Crippen molar-refractivity contribution in [2.24, 2.45) is 0 Å². The Bertz CT molecular complexity index is 1510. The fourth-order valence-corrected chi connectivity index (χ4v) is 4.41. The smallest absolute Gasteiger partial charge is 0.343 e. The van der Waals surface area contributed by atoms with Crippen molar-refractivity contribution in [3.8, 4) is 11.5 Å². The van der Waals surface area contributed by atoms with Crippen LogP contribution in [0.3, 0.4) is 0 Å². The zero-order valence-electron chi connectivity index (χ0n) is 27.0. The van der Waals surface area contributed by atoms with Crippen LogP contribution in [0.5, 0.6) is 11.5 Å². The first-order chi connectivity index (χ1) is 21.8. The molecule has 3 rings (SSSR count). The predicted molar refractivity (Wildman–Crippen MR) is 176 cm³/mol. The van der Waals surface area contributed by atoms with Gasteiger partial charge in [-0.05, 0) is 99.8 Å². The second-order valence-electron chi connectivity index (χ2n) is 11.9. The van der Waals surface area contributed by atoms with Crippen LogP contribution in [0.4, 0.5) is 0 Å². The maximum Gasteiger partial charge on any atom is 0.343 e. The lowest BCUT2D eigenvalue weighted by Crippen LogP contribution is -2.31. The van der Waals surface area contributed by atoms with Gasteiger partial charge in [0.2, 0.25) is 0 Å². The standard InChI is InChI=1S/C38H42O8/c1-7-31(39)10-9-24-43-32-21-15-28(16-22-32)34(40)26-27-11-19-33(20-12-27)45-36(42)29-13-17-30(18-14-29)38(5,6)44-25-23-37(3,4)46-35(41)8-2/h7-8,11-22H,1-2,9-10,23-26H2,3-6H3. The molecule has 0 fully saturated rings. The van der Waals surface area contributed by atoms with Crippen molar-refractivity contribution < 1.29 is 38.1 Å². The monoisotopic (exact) mass is 626 g/mol. The van der Waals surface area contributed by atoms with Crippen LogP contribution >= 0.6 is 0 Å². The summed E-state index contributed by atoms with van der Waals surface area (Å²) < 4.78 is 22.6. The molecular weight excluding hydrogens is 584 g/mol. The van der Waals surface area contributed by atoms with Gasteiger partial charge in [-0.25, -0.2) is 9.59 Å². The summed E-state index contributed by atoms with van der Waals surface area (Å²) in [5, 5.41) is 0. The largest absolute Gasteiger partial charge is 0.494 e. The number of benzene rings is 3. The number of allylic oxidation sites excluding steroid dienone is 1. The SMILES string of the molecule is C=CC(=O)CCCOc1ccc(C(=O)Cc2ccc(OC(=O)c3ccc(C(C)(C)OCCC(C)(C)OC(=O)C=C)cc3)cc2)cc1. The molecule has 3 aromatic rings. The Morgan fingerprint density at radius 2 is 1.35 bits per heavy atom. The number of rotatable bonds is 18. The van der Waals surface area contributed by atoms with Crippen LogP contribution in [0, 0.1) is 0 Å². The summed E-state index contributed by atoms with van der Waals surface area (Å²) >= 11 is 0. The fraction of sp³-hybridized carbons (Fsp3) is 0.316. The van der Waals surface area contributed by atoms with Crippen LogP contribution < -0.4 is 9.47 Å². The van der Waals surface area contributed by atoms with E-state index in [1.807, 2.05) is 39.8 Å². The third kappa shape index (κ3) is 11.3. The predicted octanol–water partition coefficient (Wildman–Crippen LogP) is 7.39. The van der Waals surface area contributed by atoms with E-state index in [0.717, 1.165) is 17.2 Å². The Hall–Kier alpha value is -4.82. The maximum absolute atomic E-state index is 12.8. The highest BCUT2D eigenvalue weighted by Crippen LogP contribution is 2.27. The topological polar surface area (TPSA) is 105 Å². The molecule has 242 valence electrons. The molecule has 0 saturated carbocycles. The molecule has 0 heterocycles. The quantitative estimate of drug-likeness (QED) is 0.0473. The molecule has 0 atom stereocenters. The average molecular weight is 627 g/mol. The summed E-state index contributed by atoms with van der Waals surface area (Å²) in [4.78, 5) is 48.4. The number of Topliss-reactive ketones (excluding diaryl/α,β-unsaturated/α-hetero) is 1. The van der Waals surface area contributed by atoms with Crippen LogP contribution in [-0.2, 0) is 31.1 Å². The van der Waals surface area contributed by atoms with Crippen molar-refractivity contribution in [2.45, 2.75) is 64.6 Å². The second kappa shape index (κ2) is 16.5. The minimum Gasteiger partial charge on any atom is -0.494 e. The zero-order valence-corrected chi connectivity index (χ0v) is 27.0. The van der Waals surface area contributed by atoms with E-state index in [0.29, 0.717) is 55.1 Å². The summed E-state index contributed by atoms with van der Waals surface area (Å²) in [6.45, 7) is 15.1. The van der Waals surface area contributed by atoms with Gasteiger partial charge in [0.05, 0.1) is 24.4 Å².